The maximum absolute atomic E-state index is 12.7. The average Bonchev–Trinajstić information content (AvgIpc) is 3.19. The first-order valence-electron chi connectivity index (χ1n) is 9.16. The first-order valence-corrected chi connectivity index (χ1v) is 10.0. The van der Waals surface area contributed by atoms with Crippen molar-refractivity contribution in [3.63, 3.8) is 0 Å². The van der Waals surface area contributed by atoms with E-state index in [1.165, 1.54) is 0 Å². The fourth-order valence-corrected chi connectivity index (χ4v) is 3.02. The van der Waals surface area contributed by atoms with Gasteiger partial charge in [-0.2, -0.15) is 13.2 Å². The van der Waals surface area contributed by atoms with Gasteiger partial charge in [-0.1, -0.05) is 12.1 Å². The molecule has 0 aliphatic carbocycles. The summed E-state index contributed by atoms with van der Waals surface area (Å²) in [5.41, 5.74) is 0.107. The molecule has 0 atom stereocenters. The van der Waals surface area contributed by atoms with Crippen molar-refractivity contribution in [3.05, 3.63) is 45.9 Å². The van der Waals surface area contributed by atoms with Crippen molar-refractivity contribution in [2.24, 2.45) is 4.99 Å². The average molecular weight is 430 g/mol. The Morgan fingerprint density at radius 1 is 1.21 bits per heavy atom. The number of hydrogen-bond donors (Lipinski definition) is 2. The molecule has 1 aromatic heterocycles. The standard InChI is InChI=1S/C19H25F3N4O2S/c1-3-28-10-4-9-23-18(24-11-14-5-7-15(27-2)8-6-14)25-12-17-26-16(13-29-17)19(20,21)22/h5-8,13H,3-4,9-12H2,1-2H3,(H2,23,24,25). The van der Waals surface area contributed by atoms with Gasteiger partial charge in [-0.3, -0.25) is 0 Å². The van der Waals surface area contributed by atoms with E-state index in [0.717, 1.165) is 34.5 Å². The van der Waals surface area contributed by atoms with Crippen molar-refractivity contribution in [1.29, 1.82) is 0 Å². The van der Waals surface area contributed by atoms with E-state index < -0.39 is 11.9 Å². The fraction of sp³-hybridized carbons (Fsp3) is 0.474. The Hall–Kier alpha value is -2.33. The van der Waals surface area contributed by atoms with Gasteiger partial charge in [-0.15, -0.1) is 11.3 Å². The molecule has 0 saturated carbocycles. The maximum atomic E-state index is 12.7. The lowest BCUT2D eigenvalue weighted by atomic mass is 10.2. The summed E-state index contributed by atoms with van der Waals surface area (Å²) in [5, 5.41) is 7.56. The molecule has 0 saturated heterocycles. The molecular weight excluding hydrogens is 405 g/mol. The number of aromatic nitrogens is 1. The molecule has 0 bridgehead atoms. The molecule has 0 aliphatic heterocycles. The van der Waals surface area contributed by atoms with Gasteiger partial charge in [0.05, 0.1) is 20.2 Å². The minimum Gasteiger partial charge on any atom is -0.497 e. The highest BCUT2D eigenvalue weighted by Crippen LogP contribution is 2.29. The number of hydrogen-bond acceptors (Lipinski definition) is 5. The van der Waals surface area contributed by atoms with Crippen LogP contribution in [0.4, 0.5) is 13.2 Å². The summed E-state index contributed by atoms with van der Waals surface area (Å²) in [6, 6.07) is 7.51. The van der Waals surface area contributed by atoms with Gasteiger partial charge in [0.25, 0.3) is 0 Å². The summed E-state index contributed by atoms with van der Waals surface area (Å²) < 4.78 is 48.5. The Balaban J connectivity index is 1.96. The Labute approximate surface area is 172 Å². The molecule has 6 nitrogen and oxygen atoms in total. The predicted octanol–water partition coefficient (Wildman–Crippen LogP) is 3.83. The van der Waals surface area contributed by atoms with Crippen LogP contribution in [0, 0.1) is 0 Å². The topological polar surface area (TPSA) is 67.8 Å². The number of benzene rings is 1. The molecular formula is C19H25F3N4O2S. The first-order chi connectivity index (χ1) is 13.9. The third kappa shape index (κ3) is 8.28. The summed E-state index contributed by atoms with van der Waals surface area (Å²) in [6.07, 6.45) is -3.65. The highest BCUT2D eigenvalue weighted by Gasteiger charge is 2.33. The zero-order chi connectivity index (χ0) is 21.1. The van der Waals surface area contributed by atoms with Gasteiger partial charge in [-0.05, 0) is 31.0 Å². The number of thiazole rings is 1. The lowest BCUT2D eigenvalue weighted by molar-refractivity contribution is -0.140. The van der Waals surface area contributed by atoms with Crippen LogP contribution in [0.1, 0.15) is 29.6 Å². The number of nitrogens with one attached hydrogen (secondary N) is 2. The van der Waals surface area contributed by atoms with Crippen LogP contribution in [0.25, 0.3) is 0 Å². The molecule has 2 rings (SSSR count). The summed E-state index contributed by atoms with van der Waals surface area (Å²) in [6.45, 7) is 4.40. The first kappa shape index (κ1) is 23.0. The normalized spacial score (nSPS) is 12.1. The van der Waals surface area contributed by atoms with Gasteiger partial charge in [0.15, 0.2) is 11.7 Å². The molecule has 0 aliphatic rings. The lowest BCUT2D eigenvalue weighted by Crippen LogP contribution is -2.37. The van der Waals surface area contributed by atoms with Gasteiger partial charge in [0, 0.05) is 25.1 Å². The number of ether oxygens (including phenoxy) is 2. The number of rotatable bonds is 10. The van der Waals surface area contributed by atoms with E-state index in [9.17, 15) is 13.2 Å². The highest BCUT2D eigenvalue weighted by atomic mass is 32.1. The van der Waals surface area contributed by atoms with Crippen molar-refractivity contribution in [1.82, 2.24) is 15.6 Å². The number of aliphatic imine (C=N–C) groups is 1. The molecule has 0 fully saturated rings. The maximum Gasteiger partial charge on any atom is 0.434 e. The van der Waals surface area contributed by atoms with Crippen molar-refractivity contribution in [2.75, 3.05) is 26.9 Å². The van der Waals surface area contributed by atoms with Crippen LogP contribution in [0.2, 0.25) is 0 Å². The number of methoxy groups -OCH3 is 1. The monoisotopic (exact) mass is 430 g/mol. The molecule has 1 aromatic carbocycles. The molecule has 160 valence electrons. The largest absolute Gasteiger partial charge is 0.497 e. The Morgan fingerprint density at radius 3 is 2.59 bits per heavy atom. The predicted molar refractivity (Wildman–Crippen MR) is 107 cm³/mol. The third-order valence-electron chi connectivity index (χ3n) is 3.79. The van der Waals surface area contributed by atoms with Crippen LogP contribution in [0.5, 0.6) is 5.75 Å². The summed E-state index contributed by atoms with van der Waals surface area (Å²) in [5.74, 6) is 1.26. The Bertz CT molecular complexity index is 764. The molecule has 10 heteroatoms. The second-order valence-electron chi connectivity index (χ2n) is 5.97. The van der Waals surface area contributed by atoms with Crippen LogP contribution in [0.3, 0.4) is 0 Å². The van der Waals surface area contributed by atoms with Crippen LogP contribution >= 0.6 is 11.3 Å². The second kappa shape index (κ2) is 11.6. The van der Waals surface area contributed by atoms with Crippen molar-refractivity contribution in [3.8, 4) is 5.75 Å². The highest BCUT2D eigenvalue weighted by molar-refractivity contribution is 7.09. The minimum absolute atomic E-state index is 0.153. The van der Waals surface area contributed by atoms with Crippen molar-refractivity contribution >= 4 is 17.3 Å². The van der Waals surface area contributed by atoms with Crippen LogP contribution < -0.4 is 15.4 Å². The lowest BCUT2D eigenvalue weighted by Gasteiger charge is -2.12. The van der Waals surface area contributed by atoms with E-state index in [1.807, 2.05) is 31.2 Å². The van der Waals surface area contributed by atoms with Gasteiger partial charge in [0.2, 0.25) is 0 Å². The van der Waals surface area contributed by atoms with Gasteiger partial charge >= 0.3 is 6.18 Å². The molecule has 0 unspecified atom stereocenters. The van der Waals surface area contributed by atoms with Crippen molar-refractivity contribution in [2.45, 2.75) is 32.6 Å². The molecule has 0 spiro atoms. The number of halogens is 3. The summed E-state index contributed by atoms with van der Waals surface area (Å²) in [4.78, 5) is 8.13. The second-order valence-corrected chi connectivity index (χ2v) is 6.91. The SMILES string of the molecule is CCOCCCNC(=NCc1ccc(OC)cc1)NCc1nc(C(F)(F)F)cs1. The van der Waals surface area contributed by atoms with E-state index >= 15 is 0 Å². The fourth-order valence-electron chi connectivity index (χ4n) is 2.28. The smallest absolute Gasteiger partial charge is 0.434 e. The Kier molecular flexibility index (Phi) is 9.20. The third-order valence-corrected chi connectivity index (χ3v) is 4.64. The van der Waals surface area contributed by atoms with E-state index in [-0.39, 0.29) is 6.54 Å². The number of guanidine groups is 1. The molecule has 1 heterocycles. The molecule has 0 radical (unpaired) electrons. The number of nitrogens with zero attached hydrogens (tertiary/aromatic N) is 2. The zero-order valence-electron chi connectivity index (χ0n) is 16.4. The molecule has 2 aromatic rings. The van der Waals surface area contributed by atoms with E-state index in [4.69, 9.17) is 9.47 Å². The van der Waals surface area contributed by atoms with E-state index in [0.29, 0.717) is 37.3 Å². The van der Waals surface area contributed by atoms with Gasteiger partial charge in [-0.25, -0.2) is 9.98 Å². The van der Waals surface area contributed by atoms with Crippen LogP contribution in [-0.4, -0.2) is 37.8 Å². The van der Waals surface area contributed by atoms with Crippen molar-refractivity contribution < 1.29 is 22.6 Å². The van der Waals surface area contributed by atoms with Crippen LogP contribution in [-0.2, 0) is 24.0 Å². The quantitative estimate of drug-likeness (QED) is 0.341. The van der Waals surface area contributed by atoms with Crippen LogP contribution in [0.15, 0.2) is 34.6 Å². The minimum atomic E-state index is -4.43. The number of alkyl halides is 3. The van der Waals surface area contributed by atoms with E-state index in [1.54, 1.807) is 7.11 Å². The molecule has 0 amide bonds. The van der Waals surface area contributed by atoms with E-state index in [2.05, 4.69) is 20.6 Å². The Morgan fingerprint density at radius 2 is 1.97 bits per heavy atom. The van der Waals surface area contributed by atoms with Gasteiger partial charge < -0.3 is 20.1 Å². The molecule has 2 N–H and O–H groups in total. The van der Waals surface area contributed by atoms with Gasteiger partial charge in [0.1, 0.15) is 10.8 Å². The molecule has 29 heavy (non-hydrogen) atoms. The zero-order valence-corrected chi connectivity index (χ0v) is 17.2. The summed E-state index contributed by atoms with van der Waals surface area (Å²) >= 11 is 0.962. The summed E-state index contributed by atoms with van der Waals surface area (Å²) in [7, 11) is 1.60.